The summed E-state index contributed by atoms with van der Waals surface area (Å²) in [6.07, 6.45) is 55.3. The Hall–Kier alpha value is -0.520. The molecule has 0 rings (SSSR count). The van der Waals surface area contributed by atoms with Gasteiger partial charge in [-0.05, 0) is 63.2 Å². The molecule has 0 heterocycles. The van der Waals surface area contributed by atoms with Gasteiger partial charge in [0.2, 0.25) is 0 Å². The predicted molar refractivity (Wildman–Crippen MR) is 191 cm³/mol. The summed E-state index contributed by atoms with van der Waals surface area (Å²) in [7, 11) is 0. The first-order valence-electron chi connectivity index (χ1n) is 19.4. The normalized spacial score (nSPS) is 12.4. The molecule has 0 heteroatoms. The number of hydrogen-bond acceptors (Lipinski definition) is 0. The van der Waals surface area contributed by atoms with E-state index in [1.165, 1.54) is 205 Å². The molecule has 0 aliphatic rings. The number of hydrogen-bond donors (Lipinski definition) is 0. The van der Waals surface area contributed by atoms with Gasteiger partial charge in [0.05, 0.1) is 0 Å². The van der Waals surface area contributed by atoms with Gasteiger partial charge in [-0.25, -0.2) is 0 Å². The van der Waals surface area contributed by atoms with E-state index in [9.17, 15) is 0 Å². The van der Waals surface area contributed by atoms with Crippen molar-refractivity contribution in [2.24, 2.45) is 5.41 Å². The fourth-order valence-electron chi connectivity index (χ4n) is 5.96. The van der Waals surface area contributed by atoms with Gasteiger partial charge in [0.25, 0.3) is 0 Å². The molecule has 0 radical (unpaired) electrons. The molecule has 0 spiro atoms. The first kappa shape index (κ1) is 40.5. The molecule has 0 nitrogen and oxygen atoms in total. The van der Waals surface area contributed by atoms with Crippen LogP contribution in [-0.4, -0.2) is 0 Å². The van der Waals surface area contributed by atoms with Crippen molar-refractivity contribution < 1.29 is 0 Å². The zero-order valence-electron chi connectivity index (χ0n) is 29.4. The van der Waals surface area contributed by atoms with Crippen LogP contribution >= 0.6 is 0 Å². The zero-order chi connectivity index (χ0) is 30.0. The molecule has 244 valence electrons. The van der Waals surface area contributed by atoms with Crippen LogP contribution in [0.25, 0.3) is 0 Å². The molecule has 0 unspecified atom stereocenters. The van der Waals surface area contributed by atoms with E-state index in [1.54, 1.807) is 0 Å². The first-order chi connectivity index (χ1) is 20.1. The molecule has 0 aliphatic carbocycles. The Labute approximate surface area is 262 Å². The van der Waals surface area contributed by atoms with E-state index in [4.69, 9.17) is 0 Å². The van der Waals surface area contributed by atoms with Gasteiger partial charge in [0, 0.05) is 0 Å². The lowest BCUT2D eigenvalue weighted by Crippen LogP contribution is -2.03. The molecule has 0 aromatic rings. The van der Waals surface area contributed by atoms with E-state index < -0.39 is 0 Å². The molecule has 0 atom stereocenters. The highest BCUT2D eigenvalue weighted by molar-refractivity contribution is 4.83. The van der Waals surface area contributed by atoms with E-state index in [0.717, 1.165) is 0 Å². The van der Waals surface area contributed by atoms with E-state index in [1.807, 2.05) is 0 Å². The lowest BCUT2D eigenvalue weighted by molar-refractivity contribution is 0.356. The summed E-state index contributed by atoms with van der Waals surface area (Å²) in [4.78, 5) is 0. The smallest absolute Gasteiger partial charge is 0.0351 e. The fourth-order valence-corrected chi connectivity index (χ4v) is 5.96. The van der Waals surface area contributed by atoms with Crippen LogP contribution in [0.3, 0.4) is 0 Å². The Bertz CT molecular complexity index is 519. The third-order valence-electron chi connectivity index (χ3n) is 8.85. The molecule has 0 aromatic carbocycles. The second-order valence-corrected chi connectivity index (χ2v) is 14.6. The van der Waals surface area contributed by atoms with Gasteiger partial charge in [-0.1, -0.05) is 200 Å². The van der Waals surface area contributed by atoms with Crippen LogP contribution in [0.15, 0.2) is 24.3 Å². The van der Waals surface area contributed by atoms with Crippen molar-refractivity contribution in [1.82, 2.24) is 0 Å². The molecule has 0 saturated heterocycles. The monoisotopic (exact) mass is 573 g/mol. The Morgan fingerprint density at radius 2 is 0.512 bits per heavy atom. The topological polar surface area (TPSA) is 0 Å². The first-order valence-corrected chi connectivity index (χ1v) is 19.4. The van der Waals surface area contributed by atoms with Crippen LogP contribution in [0, 0.1) is 5.41 Å². The van der Waals surface area contributed by atoms with E-state index in [-0.39, 0.29) is 0 Å². The SMILES string of the molecule is CCCCCCCCCCCCCCCC/C=C/CCCCC/C=C/CCCCCCCCCCCCC(C)(C)C. The summed E-state index contributed by atoms with van der Waals surface area (Å²) in [5.41, 5.74) is 0.525. The van der Waals surface area contributed by atoms with Gasteiger partial charge >= 0.3 is 0 Å². The Morgan fingerprint density at radius 3 is 0.780 bits per heavy atom. The van der Waals surface area contributed by atoms with Crippen molar-refractivity contribution in [2.75, 3.05) is 0 Å². The van der Waals surface area contributed by atoms with Crippen LogP contribution in [0.2, 0.25) is 0 Å². The van der Waals surface area contributed by atoms with E-state index in [2.05, 4.69) is 52.0 Å². The van der Waals surface area contributed by atoms with Crippen molar-refractivity contribution in [1.29, 1.82) is 0 Å². The van der Waals surface area contributed by atoms with Crippen molar-refractivity contribution in [3.8, 4) is 0 Å². The largest absolute Gasteiger partial charge is 0.0885 e. The highest BCUT2D eigenvalue weighted by Gasteiger charge is 2.08. The summed E-state index contributed by atoms with van der Waals surface area (Å²) >= 11 is 0. The lowest BCUT2D eigenvalue weighted by Gasteiger charge is -2.17. The maximum Gasteiger partial charge on any atom is -0.0351 e. The molecule has 0 saturated carbocycles. The summed E-state index contributed by atoms with van der Waals surface area (Å²) in [6.45, 7) is 9.40. The molecular formula is C41H80. The average Bonchev–Trinajstić information content (AvgIpc) is 2.94. The molecule has 0 amide bonds. The Morgan fingerprint density at radius 1 is 0.293 bits per heavy atom. The zero-order valence-corrected chi connectivity index (χ0v) is 29.4. The summed E-state index contributed by atoms with van der Waals surface area (Å²) in [5, 5.41) is 0. The summed E-state index contributed by atoms with van der Waals surface area (Å²) in [6, 6.07) is 0. The van der Waals surface area contributed by atoms with Crippen molar-refractivity contribution >= 4 is 0 Å². The third-order valence-corrected chi connectivity index (χ3v) is 8.85. The molecule has 0 aliphatic heterocycles. The number of rotatable bonds is 33. The van der Waals surface area contributed by atoms with Gasteiger partial charge < -0.3 is 0 Å². The molecule has 0 fully saturated rings. The Kier molecular flexibility index (Phi) is 33.5. The van der Waals surface area contributed by atoms with Crippen molar-refractivity contribution in [2.45, 2.75) is 233 Å². The molecule has 41 heavy (non-hydrogen) atoms. The Balaban J connectivity index is 3.17. The molecule has 0 bridgehead atoms. The standard InChI is InChI=1S/C41H80/c1-5-6-7-8-9-10-11-12-13-14-15-16-17-18-19-20-21-22-23-24-25-26-27-28-29-30-31-32-33-34-35-36-37-38-39-40-41(2,3)4/h20-21,27-28H,5-19,22-26,29-40H2,1-4H3/b21-20+,28-27+. The molecular weight excluding hydrogens is 492 g/mol. The van der Waals surface area contributed by atoms with Crippen LogP contribution < -0.4 is 0 Å². The van der Waals surface area contributed by atoms with Gasteiger partial charge in [0.15, 0.2) is 0 Å². The highest BCUT2D eigenvalue weighted by Crippen LogP contribution is 2.23. The molecule has 0 aromatic heterocycles. The average molecular weight is 573 g/mol. The fraction of sp³-hybridized carbons (Fsp3) is 0.902. The predicted octanol–water partition coefficient (Wildman–Crippen LogP) is 15.6. The third kappa shape index (κ3) is 39.5. The summed E-state index contributed by atoms with van der Waals surface area (Å²) in [5.74, 6) is 0. The van der Waals surface area contributed by atoms with Gasteiger partial charge in [-0.15, -0.1) is 0 Å². The maximum absolute atomic E-state index is 2.45. The van der Waals surface area contributed by atoms with Crippen LogP contribution in [0.1, 0.15) is 233 Å². The van der Waals surface area contributed by atoms with Crippen molar-refractivity contribution in [3.63, 3.8) is 0 Å². The van der Waals surface area contributed by atoms with Crippen LogP contribution in [-0.2, 0) is 0 Å². The van der Waals surface area contributed by atoms with Gasteiger partial charge in [0.1, 0.15) is 0 Å². The maximum atomic E-state index is 2.45. The summed E-state index contributed by atoms with van der Waals surface area (Å²) < 4.78 is 0. The van der Waals surface area contributed by atoms with Gasteiger partial charge in [-0.2, -0.15) is 0 Å². The van der Waals surface area contributed by atoms with Gasteiger partial charge in [-0.3, -0.25) is 0 Å². The highest BCUT2D eigenvalue weighted by atomic mass is 14.1. The molecule has 0 N–H and O–H groups in total. The van der Waals surface area contributed by atoms with Crippen molar-refractivity contribution in [3.05, 3.63) is 24.3 Å². The number of unbranched alkanes of at least 4 members (excludes halogenated alkanes) is 28. The van der Waals surface area contributed by atoms with Crippen LogP contribution in [0.4, 0.5) is 0 Å². The number of allylic oxidation sites excluding steroid dienone is 4. The minimum Gasteiger partial charge on any atom is -0.0885 e. The lowest BCUT2D eigenvalue weighted by atomic mass is 9.89. The van der Waals surface area contributed by atoms with Crippen LogP contribution in [0.5, 0.6) is 0 Å². The van der Waals surface area contributed by atoms with E-state index >= 15 is 0 Å². The second-order valence-electron chi connectivity index (χ2n) is 14.6. The minimum absolute atomic E-state index is 0.525. The minimum atomic E-state index is 0.525. The second kappa shape index (κ2) is 34.0. The quantitative estimate of drug-likeness (QED) is 0.0542. The van der Waals surface area contributed by atoms with E-state index in [0.29, 0.717) is 5.41 Å².